The fourth-order valence-electron chi connectivity index (χ4n) is 2.94. The van der Waals surface area contributed by atoms with Crippen molar-refractivity contribution in [2.75, 3.05) is 46.0 Å². The topological polar surface area (TPSA) is 76.2 Å². The van der Waals surface area contributed by atoms with E-state index in [4.69, 9.17) is 21.1 Å². The molecule has 1 saturated heterocycles. The van der Waals surface area contributed by atoms with Crippen molar-refractivity contribution in [2.45, 2.75) is 31.0 Å². The van der Waals surface area contributed by atoms with E-state index in [1.54, 1.807) is 6.92 Å². The van der Waals surface area contributed by atoms with Crippen molar-refractivity contribution < 1.29 is 35.9 Å². The lowest BCUT2D eigenvalue weighted by Crippen LogP contribution is -2.52. The van der Waals surface area contributed by atoms with Crippen molar-refractivity contribution >= 4 is 27.5 Å². The fourth-order valence-corrected chi connectivity index (χ4v) is 4.61. The van der Waals surface area contributed by atoms with Crippen LogP contribution in [0, 0.1) is 0 Å². The summed E-state index contributed by atoms with van der Waals surface area (Å²) in [5, 5.41) is -0.574. The Kier molecular flexibility index (Phi) is 8.51. The quantitative estimate of drug-likeness (QED) is 0.544. The first-order chi connectivity index (χ1) is 14.0. The molecule has 1 amide bonds. The van der Waals surface area contributed by atoms with Gasteiger partial charge in [0.25, 0.3) is 5.91 Å². The van der Waals surface area contributed by atoms with Crippen molar-refractivity contribution in [1.29, 1.82) is 0 Å². The van der Waals surface area contributed by atoms with Gasteiger partial charge in [-0.05, 0) is 32.0 Å². The van der Waals surface area contributed by atoms with Crippen LogP contribution in [-0.4, -0.2) is 75.6 Å². The molecule has 1 aliphatic heterocycles. The van der Waals surface area contributed by atoms with Gasteiger partial charge in [0.2, 0.25) is 10.0 Å². The zero-order valence-corrected chi connectivity index (χ0v) is 18.2. The van der Waals surface area contributed by atoms with Crippen LogP contribution in [0.15, 0.2) is 23.1 Å². The van der Waals surface area contributed by atoms with Crippen LogP contribution < -0.4 is 0 Å². The van der Waals surface area contributed by atoms with Crippen LogP contribution in [0.4, 0.5) is 13.2 Å². The second kappa shape index (κ2) is 10.3. The summed E-state index contributed by atoms with van der Waals surface area (Å²) in [6, 6.07) is 2.49. The van der Waals surface area contributed by atoms with Gasteiger partial charge in [0.15, 0.2) is 0 Å². The van der Waals surface area contributed by atoms with E-state index in [1.165, 1.54) is 4.90 Å². The molecule has 1 aliphatic rings. The summed E-state index contributed by atoms with van der Waals surface area (Å²) in [6.45, 7) is 4.75. The first-order valence-electron chi connectivity index (χ1n) is 9.33. The van der Waals surface area contributed by atoms with Crippen molar-refractivity contribution in [3.8, 4) is 0 Å². The average Bonchev–Trinajstić information content (AvgIpc) is 2.70. The predicted molar refractivity (Wildman–Crippen MR) is 104 cm³/mol. The van der Waals surface area contributed by atoms with Crippen LogP contribution in [0.2, 0.25) is 5.02 Å². The summed E-state index contributed by atoms with van der Waals surface area (Å²) >= 11 is 5.56. The van der Waals surface area contributed by atoms with Crippen molar-refractivity contribution in [2.24, 2.45) is 0 Å². The highest BCUT2D eigenvalue weighted by atomic mass is 35.5. The molecule has 0 aliphatic carbocycles. The first kappa shape index (κ1) is 24.9. The van der Waals surface area contributed by atoms with Gasteiger partial charge in [-0.2, -0.15) is 17.5 Å². The lowest BCUT2D eigenvalue weighted by atomic mass is 10.2. The molecule has 1 fully saturated rings. The van der Waals surface area contributed by atoms with Gasteiger partial charge in [-0.3, -0.25) is 4.79 Å². The number of sulfonamides is 1. The van der Waals surface area contributed by atoms with E-state index in [2.05, 4.69) is 0 Å². The lowest BCUT2D eigenvalue weighted by molar-refractivity contribution is -0.144. The van der Waals surface area contributed by atoms with E-state index in [0.29, 0.717) is 19.3 Å². The summed E-state index contributed by atoms with van der Waals surface area (Å²) < 4.78 is 76.3. The number of piperazine rings is 1. The Morgan fingerprint density at radius 2 is 1.83 bits per heavy atom. The summed E-state index contributed by atoms with van der Waals surface area (Å²) in [7, 11) is -4.16. The molecule has 1 aromatic carbocycles. The molecule has 1 aromatic rings. The zero-order valence-electron chi connectivity index (χ0n) is 16.6. The van der Waals surface area contributed by atoms with Gasteiger partial charge in [0.1, 0.15) is 6.10 Å². The molecule has 1 heterocycles. The third kappa shape index (κ3) is 6.07. The Hall–Kier alpha value is -1.40. The number of halogens is 4. The minimum absolute atomic E-state index is 0.0380. The number of benzene rings is 1. The third-order valence-corrected chi connectivity index (χ3v) is 6.80. The highest BCUT2D eigenvalue weighted by Crippen LogP contribution is 2.36. The predicted octanol–water partition coefficient (Wildman–Crippen LogP) is 2.63. The largest absolute Gasteiger partial charge is 0.417 e. The van der Waals surface area contributed by atoms with E-state index >= 15 is 0 Å². The van der Waals surface area contributed by atoms with E-state index in [9.17, 15) is 26.4 Å². The zero-order chi connectivity index (χ0) is 22.5. The SMILES string of the molecule is CCOCCOC(C)C(=O)N1CCN(S(=O)(=O)c2ccc(Cl)c(C(F)(F)F)c2)CC1. The minimum Gasteiger partial charge on any atom is -0.379 e. The normalized spacial score (nSPS) is 17.2. The van der Waals surface area contributed by atoms with E-state index in [-0.39, 0.29) is 38.7 Å². The molecule has 12 heteroatoms. The molecule has 1 unspecified atom stereocenters. The highest BCUT2D eigenvalue weighted by molar-refractivity contribution is 7.89. The smallest absolute Gasteiger partial charge is 0.379 e. The molecule has 170 valence electrons. The van der Waals surface area contributed by atoms with Crippen LogP contribution >= 0.6 is 11.6 Å². The van der Waals surface area contributed by atoms with Gasteiger partial charge in [0, 0.05) is 32.8 Å². The van der Waals surface area contributed by atoms with Crippen molar-refractivity contribution in [1.82, 2.24) is 9.21 Å². The van der Waals surface area contributed by atoms with Gasteiger partial charge in [0.05, 0.1) is 28.7 Å². The molecule has 0 spiro atoms. The number of hydrogen-bond donors (Lipinski definition) is 0. The number of nitrogens with zero attached hydrogens (tertiary/aromatic N) is 2. The minimum atomic E-state index is -4.77. The highest BCUT2D eigenvalue weighted by Gasteiger charge is 2.36. The van der Waals surface area contributed by atoms with Gasteiger partial charge in [-0.25, -0.2) is 8.42 Å². The van der Waals surface area contributed by atoms with Crippen molar-refractivity contribution in [3.63, 3.8) is 0 Å². The standard InChI is InChI=1S/C18H24ClF3N2O5S/c1-3-28-10-11-29-13(2)17(25)23-6-8-24(9-7-23)30(26,27)14-4-5-16(19)15(12-14)18(20,21)22/h4-5,12-13H,3,6-11H2,1-2H3. The number of rotatable bonds is 8. The second-order valence-electron chi connectivity index (χ2n) is 6.58. The van der Waals surface area contributed by atoms with E-state index in [0.717, 1.165) is 16.4 Å². The first-order valence-corrected chi connectivity index (χ1v) is 11.1. The van der Waals surface area contributed by atoms with Gasteiger partial charge < -0.3 is 14.4 Å². The summed E-state index contributed by atoms with van der Waals surface area (Å²) in [4.78, 5) is 13.4. The number of hydrogen-bond acceptors (Lipinski definition) is 5. The molecule has 1 atom stereocenters. The lowest BCUT2D eigenvalue weighted by Gasteiger charge is -2.35. The molecule has 7 nitrogen and oxygen atoms in total. The van der Waals surface area contributed by atoms with Gasteiger partial charge in [-0.1, -0.05) is 11.6 Å². The number of carbonyl (C=O) groups is 1. The van der Waals surface area contributed by atoms with E-state index in [1.807, 2.05) is 6.92 Å². The Morgan fingerprint density at radius 1 is 1.20 bits per heavy atom. The van der Waals surface area contributed by atoms with Gasteiger partial charge in [-0.15, -0.1) is 0 Å². The molecule has 0 N–H and O–H groups in total. The van der Waals surface area contributed by atoms with Crippen LogP contribution in [0.25, 0.3) is 0 Å². The number of alkyl halides is 3. The maximum atomic E-state index is 13.0. The van der Waals surface area contributed by atoms with Crippen LogP contribution in [0.5, 0.6) is 0 Å². The molecule has 0 bridgehead atoms. The van der Waals surface area contributed by atoms with Crippen molar-refractivity contribution in [3.05, 3.63) is 28.8 Å². The van der Waals surface area contributed by atoms with Crippen LogP contribution in [-0.2, 0) is 30.5 Å². The monoisotopic (exact) mass is 472 g/mol. The second-order valence-corrected chi connectivity index (χ2v) is 8.92. The van der Waals surface area contributed by atoms with Crippen LogP contribution in [0.3, 0.4) is 0 Å². The Bertz CT molecular complexity index is 843. The summed E-state index contributed by atoms with van der Waals surface area (Å²) in [5.41, 5.74) is -1.21. The maximum absolute atomic E-state index is 13.0. The summed E-state index contributed by atoms with van der Waals surface area (Å²) in [6.07, 6.45) is -5.48. The molecule has 2 rings (SSSR count). The number of carbonyl (C=O) groups excluding carboxylic acids is 1. The molecule has 0 aromatic heterocycles. The molecule has 0 saturated carbocycles. The molecule has 30 heavy (non-hydrogen) atoms. The molecule has 0 radical (unpaired) electrons. The van der Waals surface area contributed by atoms with Gasteiger partial charge >= 0.3 is 6.18 Å². The average molecular weight is 473 g/mol. The van der Waals surface area contributed by atoms with E-state index < -0.39 is 37.8 Å². The molecular formula is C18H24ClF3N2O5S. The fraction of sp³-hybridized carbons (Fsp3) is 0.611. The maximum Gasteiger partial charge on any atom is 0.417 e. The Balaban J connectivity index is 2.01. The Morgan fingerprint density at radius 3 is 2.40 bits per heavy atom. The number of amides is 1. The number of ether oxygens (including phenoxy) is 2. The summed E-state index contributed by atoms with van der Waals surface area (Å²) in [5.74, 6) is -0.283. The third-order valence-electron chi connectivity index (χ3n) is 4.58. The van der Waals surface area contributed by atoms with Crippen LogP contribution in [0.1, 0.15) is 19.4 Å². The Labute approximate surface area is 178 Å². The molecular weight excluding hydrogens is 449 g/mol.